The minimum absolute atomic E-state index is 0.103. The number of nitrogens with one attached hydrogen (secondary N) is 2. The molecular formula is C28H34F3N5O4. The smallest absolute Gasteiger partial charge is 0.336 e. The Hall–Kier alpha value is -3.88. The van der Waals surface area contributed by atoms with Crippen molar-refractivity contribution in [2.75, 3.05) is 6.54 Å². The monoisotopic (exact) mass is 561 g/mol. The van der Waals surface area contributed by atoms with E-state index in [1.54, 1.807) is 31.3 Å². The van der Waals surface area contributed by atoms with E-state index in [4.69, 9.17) is 0 Å². The molecule has 0 aliphatic carbocycles. The molecular weight excluding hydrogens is 527 g/mol. The number of halogens is 3. The van der Waals surface area contributed by atoms with Gasteiger partial charge in [0.05, 0.1) is 11.6 Å². The summed E-state index contributed by atoms with van der Waals surface area (Å²) in [6, 6.07) is 6.35. The minimum Gasteiger partial charge on any atom is -0.336 e. The van der Waals surface area contributed by atoms with E-state index in [0.717, 1.165) is 6.42 Å². The minimum atomic E-state index is -5.19. The molecule has 1 aliphatic rings. The first kappa shape index (κ1) is 30.7. The van der Waals surface area contributed by atoms with Gasteiger partial charge in [-0.1, -0.05) is 52.3 Å². The molecule has 0 radical (unpaired) electrons. The van der Waals surface area contributed by atoms with Crippen molar-refractivity contribution in [2.45, 2.75) is 71.3 Å². The van der Waals surface area contributed by atoms with Crippen molar-refractivity contribution in [1.29, 1.82) is 5.26 Å². The van der Waals surface area contributed by atoms with Crippen LogP contribution in [0.15, 0.2) is 35.1 Å². The third-order valence-electron chi connectivity index (χ3n) is 7.23. The number of carbonyl (C=O) groups excluding carboxylic acids is 3. The maximum absolute atomic E-state index is 13.7. The van der Waals surface area contributed by atoms with E-state index >= 15 is 0 Å². The van der Waals surface area contributed by atoms with Crippen LogP contribution in [0.3, 0.4) is 0 Å². The van der Waals surface area contributed by atoms with Crippen LogP contribution in [-0.2, 0) is 21.4 Å². The van der Waals surface area contributed by atoms with E-state index in [1.165, 1.54) is 36.3 Å². The van der Waals surface area contributed by atoms with E-state index in [-0.39, 0.29) is 24.4 Å². The summed E-state index contributed by atoms with van der Waals surface area (Å²) in [4.78, 5) is 52.8. The molecule has 2 aromatic rings. The Kier molecular flexibility index (Phi) is 8.97. The second kappa shape index (κ2) is 11.7. The Morgan fingerprint density at radius 2 is 1.80 bits per heavy atom. The number of aromatic nitrogens is 1. The summed E-state index contributed by atoms with van der Waals surface area (Å²) in [6.07, 6.45) is -3.52. The van der Waals surface area contributed by atoms with Crippen molar-refractivity contribution in [3.8, 4) is 6.07 Å². The second-order valence-electron chi connectivity index (χ2n) is 11.3. The van der Waals surface area contributed by atoms with Gasteiger partial charge >= 0.3 is 12.1 Å². The number of likely N-dealkylation sites (tertiary alicyclic amines) is 1. The quantitative estimate of drug-likeness (QED) is 0.537. The lowest BCUT2D eigenvalue weighted by molar-refractivity contribution is -0.176. The zero-order valence-corrected chi connectivity index (χ0v) is 23.1. The molecule has 0 spiro atoms. The van der Waals surface area contributed by atoms with Crippen LogP contribution in [-0.4, -0.2) is 52.0 Å². The van der Waals surface area contributed by atoms with Crippen molar-refractivity contribution in [1.82, 2.24) is 20.1 Å². The SMILES string of the molecule is CCC[C@H]1C[C@@H](C(=O)NC(C#N)c2cc(=O)n(C)c3ccccc23)N(C(=O)C(NC(=O)C(F)(F)F)C(C)(C)C)C1. The number of nitrogens with zero attached hydrogens (tertiary/aromatic N) is 3. The Balaban J connectivity index is 1.95. The lowest BCUT2D eigenvalue weighted by Gasteiger charge is -2.35. The van der Waals surface area contributed by atoms with Crippen molar-refractivity contribution < 1.29 is 27.6 Å². The number of fused-ring (bicyclic) bond motifs is 1. The largest absolute Gasteiger partial charge is 0.471 e. The second-order valence-corrected chi connectivity index (χ2v) is 11.3. The van der Waals surface area contributed by atoms with Crippen LogP contribution in [0.1, 0.15) is 58.6 Å². The van der Waals surface area contributed by atoms with Gasteiger partial charge in [0, 0.05) is 30.6 Å². The number of amides is 3. The average molecular weight is 562 g/mol. The number of aryl methyl sites for hydroxylation is 1. The van der Waals surface area contributed by atoms with Gasteiger partial charge in [0.15, 0.2) is 0 Å². The molecule has 4 atom stereocenters. The summed E-state index contributed by atoms with van der Waals surface area (Å²) in [5, 5.41) is 15.0. The van der Waals surface area contributed by atoms with Gasteiger partial charge in [0.1, 0.15) is 18.1 Å². The molecule has 12 heteroatoms. The fraction of sp³-hybridized carbons (Fsp3) is 0.536. The zero-order chi connectivity index (χ0) is 30.0. The number of rotatable bonds is 7. The Morgan fingerprint density at radius 1 is 1.15 bits per heavy atom. The van der Waals surface area contributed by atoms with Gasteiger partial charge in [-0.25, -0.2) is 0 Å². The molecule has 2 N–H and O–H groups in total. The molecule has 2 heterocycles. The summed E-state index contributed by atoms with van der Waals surface area (Å²) in [6.45, 7) is 6.62. The van der Waals surface area contributed by atoms with Gasteiger partial charge in [-0.2, -0.15) is 18.4 Å². The van der Waals surface area contributed by atoms with Gasteiger partial charge in [-0.15, -0.1) is 0 Å². The summed E-state index contributed by atoms with van der Waals surface area (Å²) >= 11 is 0. The summed E-state index contributed by atoms with van der Waals surface area (Å²) in [7, 11) is 1.59. The highest BCUT2D eigenvalue weighted by molar-refractivity contribution is 5.94. The van der Waals surface area contributed by atoms with Gasteiger partial charge in [0.2, 0.25) is 11.8 Å². The van der Waals surface area contributed by atoms with Crippen LogP contribution in [0, 0.1) is 22.7 Å². The van der Waals surface area contributed by atoms with Gasteiger partial charge in [-0.3, -0.25) is 19.2 Å². The topological polar surface area (TPSA) is 124 Å². The fourth-order valence-corrected chi connectivity index (χ4v) is 5.15. The summed E-state index contributed by atoms with van der Waals surface area (Å²) in [5.74, 6) is -3.82. The highest BCUT2D eigenvalue weighted by Gasteiger charge is 2.48. The van der Waals surface area contributed by atoms with Crippen LogP contribution < -0.4 is 16.2 Å². The molecule has 1 aliphatic heterocycles. The maximum Gasteiger partial charge on any atom is 0.471 e. The number of hydrogen-bond donors (Lipinski definition) is 2. The fourth-order valence-electron chi connectivity index (χ4n) is 5.15. The third kappa shape index (κ3) is 6.46. The van der Waals surface area contributed by atoms with E-state index in [0.29, 0.717) is 22.9 Å². The molecule has 3 rings (SSSR count). The first-order valence-corrected chi connectivity index (χ1v) is 13.1. The van der Waals surface area contributed by atoms with Crippen molar-refractivity contribution in [2.24, 2.45) is 18.4 Å². The molecule has 1 aromatic carbocycles. The predicted octanol–water partition coefficient (Wildman–Crippen LogP) is 3.33. The first-order chi connectivity index (χ1) is 18.6. The van der Waals surface area contributed by atoms with E-state index < -0.39 is 47.4 Å². The molecule has 40 heavy (non-hydrogen) atoms. The highest BCUT2D eigenvalue weighted by atomic mass is 19.4. The first-order valence-electron chi connectivity index (χ1n) is 13.1. The number of benzene rings is 1. The molecule has 216 valence electrons. The lowest BCUT2D eigenvalue weighted by Crippen LogP contribution is -2.59. The maximum atomic E-state index is 13.7. The van der Waals surface area contributed by atoms with Gasteiger partial charge in [0.25, 0.3) is 5.56 Å². The molecule has 2 unspecified atom stereocenters. The van der Waals surface area contributed by atoms with E-state index in [2.05, 4.69) is 5.32 Å². The van der Waals surface area contributed by atoms with Crippen LogP contribution in [0.4, 0.5) is 13.2 Å². The number of para-hydroxylation sites is 1. The van der Waals surface area contributed by atoms with Crippen LogP contribution >= 0.6 is 0 Å². The lowest BCUT2D eigenvalue weighted by atomic mass is 9.85. The van der Waals surface area contributed by atoms with Crippen molar-refractivity contribution >= 4 is 28.6 Å². The molecule has 0 saturated carbocycles. The number of nitriles is 1. The summed E-state index contributed by atoms with van der Waals surface area (Å²) in [5.41, 5.74) is -0.619. The van der Waals surface area contributed by atoms with E-state index in [1.807, 2.05) is 18.3 Å². The Morgan fingerprint density at radius 3 is 2.38 bits per heavy atom. The number of hydrogen-bond acceptors (Lipinski definition) is 5. The normalized spacial score (nSPS) is 19.1. The molecule has 1 aromatic heterocycles. The predicted molar refractivity (Wildman–Crippen MR) is 142 cm³/mol. The zero-order valence-electron chi connectivity index (χ0n) is 23.1. The number of carbonyl (C=O) groups is 3. The van der Waals surface area contributed by atoms with Gasteiger partial charge in [-0.05, 0) is 30.2 Å². The van der Waals surface area contributed by atoms with Crippen molar-refractivity contribution in [3.05, 3.63) is 46.2 Å². The van der Waals surface area contributed by atoms with Gasteiger partial charge < -0.3 is 20.1 Å². The molecule has 1 saturated heterocycles. The molecule has 0 bridgehead atoms. The average Bonchev–Trinajstić information content (AvgIpc) is 3.30. The van der Waals surface area contributed by atoms with Crippen LogP contribution in [0.5, 0.6) is 0 Å². The van der Waals surface area contributed by atoms with E-state index in [9.17, 15) is 37.6 Å². The standard InChI is InChI=1S/C28H34F3N5O4/c1-6-9-16-12-21(36(15-16)25(39)23(27(2,3)4)34-26(40)28(29,30)31)24(38)33-19(14-32)18-13-22(37)35(5)20-11-8-7-10-17(18)20/h7-8,10-11,13,16,19,21,23H,6,9,12,15H2,1-5H3,(H,33,38)(H,34,40)/t16-,19?,21-,23?/m0/s1. The molecule has 9 nitrogen and oxygen atoms in total. The van der Waals surface area contributed by atoms with Crippen LogP contribution in [0.2, 0.25) is 0 Å². The third-order valence-corrected chi connectivity index (χ3v) is 7.23. The number of alkyl halides is 3. The Labute approximate surface area is 230 Å². The molecule has 1 fully saturated rings. The van der Waals surface area contributed by atoms with Crippen molar-refractivity contribution in [3.63, 3.8) is 0 Å². The highest BCUT2D eigenvalue weighted by Crippen LogP contribution is 2.32. The summed E-state index contributed by atoms with van der Waals surface area (Å²) < 4.78 is 40.6. The number of pyridine rings is 1. The van der Waals surface area contributed by atoms with Crippen LogP contribution in [0.25, 0.3) is 10.9 Å². The molecule has 3 amide bonds. The Bertz CT molecular complexity index is 1390.